The van der Waals surface area contributed by atoms with Crippen LogP contribution in [0.3, 0.4) is 0 Å². The molecule has 0 saturated carbocycles. The van der Waals surface area contributed by atoms with Crippen molar-refractivity contribution in [1.82, 2.24) is 14.6 Å². The summed E-state index contributed by atoms with van der Waals surface area (Å²) in [5.74, 6) is -1.57. The summed E-state index contributed by atoms with van der Waals surface area (Å²) in [6.07, 6.45) is 1.51. The van der Waals surface area contributed by atoms with E-state index in [0.29, 0.717) is 16.6 Å². The van der Waals surface area contributed by atoms with Gasteiger partial charge in [-0.15, -0.1) is 0 Å². The molecule has 0 bridgehead atoms. The van der Waals surface area contributed by atoms with Gasteiger partial charge < -0.3 is 10.1 Å². The van der Waals surface area contributed by atoms with E-state index in [-0.39, 0.29) is 17.0 Å². The number of aromatic amines is 1. The number of fused-ring (bicyclic) bond motifs is 2. The van der Waals surface area contributed by atoms with Crippen molar-refractivity contribution >= 4 is 22.3 Å². The SMILES string of the molecule is O=C(O)c1cc2c(=O)[nH]c(-c3ccc4cccc(F)c4c3)cn2n1. The molecule has 0 saturated heterocycles. The summed E-state index contributed by atoms with van der Waals surface area (Å²) in [5, 5.41) is 14.0. The number of aromatic nitrogens is 3. The lowest BCUT2D eigenvalue weighted by molar-refractivity contribution is 0.0690. The Hall–Kier alpha value is -3.48. The first-order valence-corrected chi connectivity index (χ1v) is 7.07. The van der Waals surface area contributed by atoms with Crippen LogP contribution < -0.4 is 5.56 Å². The topological polar surface area (TPSA) is 87.5 Å². The number of nitrogens with one attached hydrogen (secondary N) is 1. The average Bonchev–Trinajstić information content (AvgIpc) is 3.00. The van der Waals surface area contributed by atoms with E-state index in [2.05, 4.69) is 10.1 Å². The molecule has 24 heavy (non-hydrogen) atoms. The second kappa shape index (κ2) is 5.02. The fourth-order valence-corrected chi connectivity index (χ4v) is 2.66. The van der Waals surface area contributed by atoms with E-state index in [1.165, 1.54) is 22.8 Å². The molecule has 0 aliphatic rings. The molecule has 0 aliphatic heterocycles. The van der Waals surface area contributed by atoms with E-state index in [4.69, 9.17) is 5.11 Å². The Morgan fingerprint density at radius 2 is 2.04 bits per heavy atom. The van der Waals surface area contributed by atoms with Crippen molar-refractivity contribution in [2.45, 2.75) is 0 Å². The zero-order chi connectivity index (χ0) is 16.8. The second-order valence-corrected chi connectivity index (χ2v) is 5.34. The van der Waals surface area contributed by atoms with Gasteiger partial charge in [-0.3, -0.25) is 4.79 Å². The van der Waals surface area contributed by atoms with Gasteiger partial charge in [0.2, 0.25) is 0 Å². The van der Waals surface area contributed by atoms with Crippen molar-refractivity contribution in [2.75, 3.05) is 0 Å². The molecule has 118 valence electrons. The molecule has 2 aromatic heterocycles. The van der Waals surface area contributed by atoms with Crippen LogP contribution in [0.1, 0.15) is 10.5 Å². The van der Waals surface area contributed by atoms with Crippen LogP contribution in [0.4, 0.5) is 4.39 Å². The van der Waals surface area contributed by atoms with Crippen LogP contribution in [0, 0.1) is 5.82 Å². The summed E-state index contributed by atoms with van der Waals surface area (Å²) in [7, 11) is 0. The molecule has 4 aromatic rings. The molecular formula is C17H10FN3O3. The Morgan fingerprint density at radius 1 is 1.21 bits per heavy atom. The highest BCUT2D eigenvalue weighted by molar-refractivity contribution is 5.88. The van der Waals surface area contributed by atoms with Crippen molar-refractivity contribution in [3.05, 3.63) is 70.5 Å². The highest BCUT2D eigenvalue weighted by atomic mass is 19.1. The van der Waals surface area contributed by atoms with E-state index >= 15 is 0 Å². The summed E-state index contributed by atoms with van der Waals surface area (Å²) in [5.41, 5.74) is 0.447. The lowest BCUT2D eigenvalue weighted by Gasteiger charge is -2.05. The lowest BCUT2D eigenvalue weighted by atomic mass is 10.0. The number of carboxylic acids is 1. The zero-order valence-electron chi connectivity index (χ0n) is 12.2. The normalized spacial score (nSPS) is 11.2. The number of halogens is 1. The third-order valence-corrected chi connectivity index (χ3v) is 3.83. The number of rotatable bonds is 2. The van der Waals surface area contributed by atoms with Gasteiger partial charge in [-0.05, 0) is 17.5 Å². The lowest BCUT2D eigenvalue weighted by Crippen LogP contribution is -2.10. The molecule has 4 rings (SSSR count). The minimum absolute atomic E-state index is 0.128. The van der Waals surface area contributed by atoms with Gasteiger partial charge in [-0.25, -0.2) is 13.7 Å². The number of hydrogen-bond donors (Lipinski definition) is 2. The van der Waals surface area contributed by atoms with E-state index in [1.54, 1.807) is 30.3 Å². The molecule has 2 N–H and O–H groups in total. The molecule has 7 heteroatoms. The van der Waals surface area contributed by atoms with E-state index in [0.717, 1.165) is 5.39 Å². The van der Waals surface area contributed by atoms with E-state index < -0.39 is 11.5 Å². The van der Waals surface area contributed by atoms with Crippen molar-refractivity contribution in [2.24, 2.45) is 0 Å². The van der Waals surface area contributed by atoms with Gasteiger partial charge in [0.15, 0.2) is 5.69 Å². The Labute approximate surface area is 133 Å². The van der Waals surface area contributed by atoms with Crippen molar-refractivity contribution in [3.63, 3.8) is 0 Å². The van der Waals surface area contributed by atoms with Crippen LogP contribution in [0.15, 0.2) is 53.5 Å². The molecule has 0 unspecified atom stereocenters. The Morgan fingerprint density at radius 3 is 2.83 bits per heavy atom. The maximum atomic E-state index is 14.0. The maximum Gasteiger partial charge on any atom is 0.356 e. The standard InChI is InChI=1S/C17H10FN3O3/c18-12-3-1-2-9-4-5-10(6-11(9)12)14-8-21-15(16(22)19-14)7-13(20-21)17(23)24/h1-8H,(H,19,22)(H,23,24). The second-order valence-electron chi connectivity index (χ2n) is 5.34. The van der Waals surface area contributed by atoms with E-state index in [9.17, 15) is 14.0 Å². The fourth-order valence-electron chi connectivity index (χ4n) is 2.66. The predicted octanol–water partition coefficient (Wildman–Crippen LogP) is 2.68. The molecule has 0 amide bonds. The smallest absolute Gasteiger partial charge is 0.356 e. The average molecular weight is 323 g/mol. The van der Waals surface area contributed by atoms with Gasteiger partial charge in [0, 0.05) is 17.0 Å². The summed E-state index contributed by atoms with van der Waals surface area (Å²) < 4.78 is 15.2. The largest absolute Gasteiger partial charge is 0.476 e. The predicted molar refractivity (Wildman–Crippen MR) is 85.7 cm³/mol. The minimum atomic E-state index is -1.22. The highest BCUT2D eigenvalue weighted by Gasteiger charge is 2.13. The van der Waals surface area contributed by atoms with E-state index in [1.807, 2.05) is 0 Å². The molecular weight excluding hydrogens is 313 g/mol. The molecule has 0 radical (unpaired) electrons. The number of nitrogens with zero attached hydrogens (tertiary/aromatic N) is 2. The Bertz CT molecular complexity index is 1180. The van der Waals surface area contributed by atoms with Gasteiger partial charge in [0.05, 0.1) is 11.9 Å². The number of carboxylic acid groups (broad SMARTS) is 1. The van der Waals surface area contributed by atoms with Crippen LogP contribution in [-0.2, 0) is 0 Å². The Kier molecular flexibility index (Phi) is 2.96. The zero-order valence-corrected chi connectivity index (χ0v) is 12.2. The Balaban J connectivity index is 1.94. The van der Waals surface area contributed by atoms with Crippen LogP contribution >= 0.6 is 0 Å². The van der Waals surface area contributed by atoms with Crippen molar-refractivity contribution in [1.29, 1.82) is 0 Å². The highest BCUT2D eigenvalue weighted by Crippen LogP contribution is 2.24. The molecule has 0 aliphatic carbocycles. The number of carbonyl (C=O) groups is 1. The van der Waals surface area contributed by atoms with Crippen LogP contribution in [0.5, 0.6) is 0 Å². The first kappa shape index (κ1) is 14.1. The third-order valence-electron chi connectivity index (χ3n) is 3.83. The molecule has 0 fully saturated rings. The fraction of sp³-hybridized carbons (Fsp3) is 0. The molecule has 2 aromatic carbocycles. The molecule has 0 spiro atoms. The first-order chi connectivity index (χ1) is 11.5. The number of hydrogen-bond acceptors (Lipinski definition) is 3. The number of H-pyrrole nitrogens is 1. The maximum absolute atomic E-state index is 14.0. The van der Waals surface area contributed by atoms with Crippen LogP contribution in [-0.4, -0.2) is 25.7 Å². The minimum Gasteiger partial charge on any atom is -0.476 e. The number of benzene rings is 2. The summed E-state index contributed by atoms with van der Waals surface area (Å²) >= 11 is 0. The summed E-state index contributed by atoms with van der Waals surface area (Å²) in [6.45, 7) is 0. The van der Waals surface area contributed by atoms with Crippen LogP contribution in [0.2, 0.25) is 0 Å². The number of aromatic carboxylic acids is 1. The van der Waals surface area contributed by atoms with Gasteiger partial charge in [0.25, 0.3) is 5.56 Å². The quantitative estimate of drug-likeness (QED) is 0.594. The first-order valence-electron chi connectivity index (χ1n) is 7.07. The van der Waals surface area contributed by atoms with Gasteiger partial charge in [0.1, 0.15) is 11.3 Å². The third kappa shape index (κ3) is 2.14. The van der Waals surface area contributed by atoms with Gasteiger partial charge in [-0.2, -0.15) is 5.10 Å². The summed E-state index contributed by atoms with van der Waals surface area (Å²) in [6, 6.07) is 11.1. The van der Waals surface area contributed by atoms with Gasteiger partial charge >= 0.3 is 5.97 Å². The molecule has 0 atom stereocenters. The molecule has 2 heterocycles. The van der Waals surface area contributed by atoms with Gasteiger partial charge in [-0.1, -0.05) is 24.3 Å². The summed E-state index contributed by atoms with van der Waals surface area (Å²) in [4.78, 5) is 25.8. The van der Waals surface area contributed by atoms with Crippen molar-refractivity contribution in [3.8, 4) is 11.3 Å². The van der Waals surface area contributed by atoms with Crippen molar-refractivity contribution < 1.29 is 14.3 Å². The molecule has 6 nitrogen and oxygen atoms in total. The van der Waals surface area contributed by atoms with Crippen LogP contribution in [0.25, 0.3) is 27.5 Å². The monoisotopic (exact) mass is 323 g/mol.